The Morgan fingerprint density at radius 2 is 2.21 bits per heavy atom. The third-order valence-electron chi connectivity index (χ3n) is 1.59. The van der Waals surface area contributed by atoms with E-state index in [1.807, 2.05) is 6.07 Å². The average Bonchev–Trinajstić information content (AvgIpc) is 2.20. The minimum Gasteiger partial charge on any atom is -0.309 e. The number of halogens is 1. The van der Waals surface area contributed by atoms with Crippen LogP contribution in [0.3, 0.4) is 0 Å². The summed E-state index contributed by atoms with van der Waals surface area (Å²) in [5.41, 5.74) is 0.831. The quantitative estimate of drug-likeness (QED) is 0.673. The van der Waals surface area contributed by atoms with Gasteiger partial charge in [-0.1, -0.05) is 11.8 Å². The highest BCUT2D eigenvalue weighted by molar-refractivity contribution is 5.48. The van der Waals surface area contributed by atoms with Gasteiger partial charge in [0, 0.05) is 5.56 Å². The number of nitriles is 1. The molecule has 0 saturated heterocycles. The summed E-state index contributed by atoms with van der Waals surface area (Å²) in [5.74, 6) is 5.19. The van der Waals surface area contributed by atoms with E-state index < -0.39 is 5.82 Å². The molecule has 0 aliphatic carbocycles. The first-order valence-corrected chi connectivity index (χ1v) is 4.11. The molecule has 1 aromatic carbocycles. The van der Waals surface area contributed by atoms with Crippen LogP contribution in [0.5, 0.6) is 0 Å². The second kappa shape index (κ2) is 5.01. The lowest BCUT2D eigenvalue weighted by molar-refractivity contribution is 0.627. The standard InChI is InChI=1S/C11H9FN2/c1-14-6-2-3-9-4-5-11(12)7-10(9)8-13/h4-5,7,14H,6H2,1H3. The molecule has 0 spiro atoms. The van der Waals surface area contributed by atoms with Crippen LogP contribution in [0.15, 0.2) is 18.2 Å². The molecule has 1 aromatic rings. The number of hydrogen-bond donors (Lipinski definition) is 1. The van der Waals surface area contributed by atoms with Gasteiger partial charge in [0.2, 0.25) is 0 Å². The normalized spacial score (nSPS) is 8.64. The molecule has 2 nitrogen and oxygen atoms in total. The summed E-state index contributed by atoms with van der Waals surface area (Å²) in [6.07, 6.45) is 0. The van der Waals surface area contributed by atoms with E-state index in [9.17, 15) is 4.39 Å². The van der Waals surface area contributed by atoms with Gasteiger partial charge in [-0.15, -0.1) is 0 Å². The molecule has 0 aromatic heterocycles. The SMILES string of the molecule is CNCC#Cc1ccc(F)cc1C#N. The molecular weight excluding hydrogens is 179 g/mol. The second-order valence-corrected chi connectivity index (χ2v) is 2.63. The highest BCUT2D eigenvalue weighted by atomic mass is 19.1. The Hall–Kier alpha value is -1.84. The van der Waals surface area contributed by atoms with Gasteiger partial charge in [-0.25, -0.2) is 4.39 Å². The van der Waals surface area contributed by atoms with Gasteiger partial charge in [0.15, 0.2) is 0 Å². The number of nitrogens with zero attached hydrogens (tertiary/aromatic N) is 1. The van der Waals surface area contributed by atoms with Gasteiger partial charge in [0.1, 0.15) is 11.9 Å². The molecule has 70 valence electrons. The second-order valence-electron chi connectivity index (χ2n) is 2.63. The minimum atomic E-state index is -0.416. The van der Waals surface area contributed by atoms with Crippen LogP contribution in [0.2, 0.25) is 0 Å². The van der Waals surface area contributed by atoms with E-state index in [4.69, 9.17) is 5.26 Å². The number of rotatable bonds is 1. The van der Waals surface area contributed by atoms with Gasteiger partial charge in [0.25, 0.3) is 0 Å². The van der Waals surface area contributed by atoms with Crippen LogP contribution >= 0.6 is 0 Å². The molecule has 0 saturated carbocycles. The molecule has 1 rings (SSSR count). The predicted octanol–water partition coefficient (Wildman–Crippen LogP) is 1.27. The van der Waals surface area contributed by atoms with Gasteiger partial charge in [-0.05, 0) is 25.2 Å². The van der Waals surface area contributed by atoms with E-state index in [-0.39, 0.29) is 5.56 Å². The van der Waals surface area contributed by atoms with Crippen molar-refractivity contribution in [1.82, 2.24) is 5.32 Å². The van der Waals surface area contributed by atoms with E-state index in [1.54, 1.807) is 7.05 Å². The molecule has 0 heterocycles. The van der Waals surface area contributed by atoms with Gasteiger partial charge >= 0.3 is 0 Å². The van der Waals surface area contributed by atoms with E-state index in [1.165, 1.54) is 18.2 Å². The highest BCUT2D eigenvalue weighted by Crippen LogP contribution is 2.08. The zero-order chi connectivity index (χ0) is 10.4. The van der Waals surface area contributed by atoms with Gasteiger partial charge in [0.05, 0.1) is 12.1 Å². The molecular formula is C11H9FN2. The third kappa shape index (κ3) is 2.58. The van der Waals surface area contributed by atoms with Gasteiger partial charge in [-0.2, -0.15) is 5.26 Å². The number of hydrogen-bond acceptors (Lipinski definition) is 2. The summed E-state index contributed by atoms with van der Waals surface area (Å²) in [4.78, 5) is 0. The van der Waals surface area contributed by atoms with Crippen molar-refractivity contribution in [2.75, 3.05) is 13.6 Å². The molecule has 14 heavy (non-hydrogen) atoms. The van der Waals surface area contributed by atoms with Crippen molar-refractivity contribution in [1.29, 1.82) is 5.26 Å². The van der Waals surface area contributed by atoms with Crippen LogP contribution in [-0.4, -0.2) is 13.6 Å². The Morgan fingerprint density at radius 3 is 2.86 bits per heavy atom. The van der Waals surface area contributed by atoms with E-state index >= 15 is 0 Å². The van der Waals surface area contributed by atoms with Crippen LogP contribution in [0.4, 0.5) is 4.39 Å². The molecule has 3 heteroatoms. The van der Waals surface area contributed by atoms with E-state index in [0.29, 0.717) is 12.1 Å². The first kappa shape index (κ1) is 10.2. The van der Waals surface area contributed by atoms with Crippen molar-refractivity contribution in [3.8, 4) is 17.9 Å². The fourth-order valence-corrected chi connectivity index (χ4v) is 0.946. The van der Waals surface area contributed by atoms with Crippen molar-refractivity contribution in [2.24, 2.45) is 0 Å². The summed E-state index contributed by atoms with van der Waals surface area (Å²) in [6.45, 7) is 0.544. The summed E-state index contributed by atoms with van der Waals surface area (Å²) in [6, 6.07) is 5.89. The summed E-state index contributed by atoms with van der Waals surface area (Å²) < 4.78 is 12.7. The van der Waals surface area contributed by atoms with E-state index in [0.717, 1.165) is 0 Å². The largest absolute Gasteiger partial charge is 0.309 e. The summed E-state index contributed by atoms with van der Waals surface area (Å²) >= 11 is 0. The zero-order valence-electron chi connectivity index (χ0n) is 7.76. The van der Waals surface area contributed by atoms with Crippen molar-refractivity contribution >= 4 is 0 Å². The van der Waals surface area contributed by atoms with Crippen molar-refractivity contribution in [3.05, 3.63) is 35.1 Å². The maximum absolute atomic E-state index is 12.7. The van der Waals surface area contributed by atoms with Crippen molar-refractivity contribution < 1.29 is 4.39 Å². The molecule has 1 N–H and O–H groups in total. The predicted molar refractivity (Wildman–Crippen MR) is 51.9 cm³/mol. The van der Waals surface area contributed by atoms with Crippen LogP contribution in [-0.2, 0) is 0 Å². The maximum atomic E-state index is 12.7. The first-order chi connectivity index (χ1) is 6.77. The molecule has 0 bridgehead atoms. The fraction of sp³-hybridized carbons (Fsp3) is 0.182. The molecule has 0 aliphatic rings. The minimum absolute atomic E-state index is 0.272. The van der Waals surface area contributed by atoms with Gasteiger partial charge < -0.3 is 5.32 Å². The molecule has 0 fully saturated rings. The lowest BCUT2D eigenvalue weighted by Gasteiger charge is -1.94. The van der Waals surface area contributed by atoms with Crippen LogP contribution < -0.4 is 5.32 Å². The van der Waals surface area contributed by atoms with Crippen LogP contribution in [0, 0.1) is 29.0 Å². The van der Waals surface area contributed by atoms with Crippen LogP contribution in [0.1, 0.15) is 11.1 Å². The van der Waals surface area contributed by atoms with E-state index in [2.05, 4.69) is 17.2 Å². The Kier molecular flexibility index (Phi) is 3.67. The fourth-order valence-electron chi connectivity index (χ4n) is 0.946. The first-order valence-electron chi connectivity index (χ1n) is 4.11. The topological polar surface area (TPSA) is 35.8 Å². The summed E-state index contributed by atoms with van der Waals surface area (Å²) in [5, 5.41) is 11.6. The number of benzene rings is 1. The zero-order valence-corrected chi connectivity index (χ0v) is 7.76. The lowest BCUT2D eigenvalue weighted by Crippen LogP contribution is -2.04. The monoisotopic (exact) mass is 188 g/mol. The Morgan fingerprint density at radius 1 is 1.43 bits per heavy atom. The molecule has 0 aliphatic heterocycles. The maximum Gasteiger partial charge on any atom is 0.124 e. The Labute approximate surface area is 82.4 Å². The third-order valence-corrected chi connectivity index (χ3v) is 1.59. The molecule has 0 amide bonds. The average molecular weight is 188 g/mol. The van der Waals surface area contributed by atoms with Crippen molar-refractivity contribution in [2.45, 2.75) is 0 Å². The Bertz CT molecular complexity index is 421. The summed E-state index contributed by atoms with van der Waals surface area (Å²) in [7, 11) is 1.78. The lowest BCUT2D eigenvalue weighted by atomic mass is 10.1. The number of nitrogens with one attached hydrogen (secondary N) is 1. The Balaban J connectivity index is 3.00. The van der Waals surface area contributed by atoms with Crippen LogP contribution in [0.25, 0.3) is 0 Å². The van der Waals surface area contributed by atoms with Crippen molar-refractivity contribution in [3.63, 3.8) is 0 Å². The molecule has 0 atom stereocenters. The van der Waals surface area contributed by atoms with Gasteiger partial charge in [-0.3, -0.25) is 0 Å². The molecule has 0 radical (unpaired) electrons. The molecule has 0 unspecified atom stereocenters. The highest BCUT2D eigenvalue weighted by Gasteiger charge is 1.99. The smallest absolute Gasteiger partial charge is 0.124 e.